The number of rotatable bonds is 6. The highest BCUT2D eigenvalue weighted by molar-refractivity contribution is 6.28. The Hall–Kier alpha value is -1.30. The van der Waals surface area contributed by atoms with Gasteiger partial charge in [-0.1, -0.05) is 0 Å². The zero-order chi connectivity index (χ0) is 15.5. The van der Waals surface area contributed by atoms with E-state index in [1.165, 1.54) is 12.8 Å². The quantitative estimate of drug-likeness (QED) is 0.887. The monoisotopic (exact) mass is 322 g/mol. The minimum atomic E-state index is 0.185. The molecule has 0 radical (unpaired) electrons. The van der Waals surface area contributed by atoms with E-state index in [9.17, 15) is 0 Å². The Kier molecular flexibility index (Phi) is 4.86. The summed E-state index contributed by atoms with van der Waals surface area (Å²) < 4.78 is 7.57. The number of hydrogen-bond donors (Lipinski definition) is 1. The Bertz CT molecular complexity index is 589. The van der Waals surface area contributed by atoms with E-state index in [0.717, 1.165) is 31.1 Å². The van der Waals surface area contributed by atoms with Crippen LogP contribution in [0, 0.1) is 0 Å². The average molecular weight is 323 g/mol. The molecule has 2 atom stereocenters. The fourth-order valence-corrected chi connectivity index (χ4v) is 3.28. The number of nitrogens with zero attached hydrogens (tertiary/aromatic N) is 3. The molecule has 0 aliphatic carbocycles. The van der Waals surface area contributed by atoms with Gasteiger partial charge < -0.3 is 14.3 Å². The van der Waals surface area contributed by atoms with Gasteiger partial charge >= 0.3 is 0 Å². The summed E-state index contributed by atoms with van der Waals surface area (Å²) in [5.41, 5.74) is 1.09. The molecule has 1 N–H and O–H groups in total. The number of hydrogen-bond acceptors (Lipinski definition) is 4. The summed E-state index contributed by atoms with van der Waals surface area (Å²) >= 11 is 6.02. The number of aromatic nitrogens is 2. The Labute approximate surface area is 136 Å². The van der Waals surface area contributed by atoms with Crippen molar-refractivity contribution in [3.05, 3.63) is 41.3 Å². The van der Waals surface area contributed by atoms with E-state index in [1.807, 2.05) is 23.9 Å². The van der Waals surface area contributed by atoms with Crippen LogP contribution in [0.25, 0.3) is 0 Å². The molecule has 22 heavy (non-hydrogen) atoms. The van der Waals surface area contributed by atoms with Gasteiger partial charge in [0.1, 0.15) is 5.76 Å². The lowest BCUT2D eigenvalue weighted by molar-refractivity contribution is 0.205. The van der Waals surface area contributed by atoms with Crippen molar-refractivity contribution >= 4 is 11.6 Å². The first-order chi connectivity index (χ1) is 10.7. The fraction of sp³-hybridized carbons (Fsp3) is 0.562. The second kappa shape index (κ2) is 6.86. The fourth-order valence-electron chi connectivity index (χ4n) is 3.14. The van der Waals surface area contributed by atoms with Crippen molar-refractivity contribution in [2.24, 2.45) is 7.05 Å². The average Bonchev–Trinajstić information content (AvgIpc) is 3.24. The summed E-state index contributed by atoms with van der Waals surface area (Å²) in [7, 11) is 1.94. The molecule has 1 fully saturated rings. The first kappa shape index (κ1) is 15.6. The first-order valence-corrected chi connectivity index (χ1v) is 8.22. The van der Waals surface area contributed by atoms with Crippen LogP contribution >= 0.6 is 11.6 Å². The number of nitrogens with one attached hydrogen (secondary N) is 1. The molecule has 0 saturated carbocycles. The predicted octanol–water partition coefficient (Wildman–Crippen LogP) is 3.15. The molecule has 3 rings (SSSR count). The van der Waals surface area contributed by atoms with Crippen molar-refractivity contribution in [2.75, 3.05) is 19.6 Å². The van der Waals surface area contributed by atoms with E-state index in [0.29, 0.717) is 5.28 Å². The van der Waals surface area contributed by atoms with Crippen molar-refractivity contribution < 1.29 is 4.42 Å². The third kappa shape index (κ3) is 3.21. The van der Waals surface area contributed by atoms with Gasteiger partial charge in [-0.2, -0.15) is 0 Å². The normalized spacial score (nSPS) is 18.7. The van der Waals surface area contributed by atoms with Gasteiger partial charge in [-0.25, -0.2) is 4.98 Å². The largest absolute Gasteiger partial charge is 0.468 e. The molecule has 0 bridgehead atoms. The smallest absolute Gasteiger partial charge is 0.202 e. The Morgan fingerprint density at radius 2 is 2.18 bits per heavy atom. The molecule has 1 aliphatic rings. The summed E-state index contributed by atoms with van der Waals surface area (Å²) in [5.74, 6) is 1.03. The van der Waals surface area contributed by atoms with Gasteiger partial charge in [0.15, 0.2) is 0 Å². The second-order valence-electron chi connectivity index (χ2n) is 5.92. The maximum absolute atomic E-state index is 6.02. The van der Waals surface area contributed by atoms with Crippen LogP contribution in [-0.2, 0) is 7.05 Å². The number of furan rings is 1. The van der Waals surface area contributed by atoms with Gasteiger partial charge in [0.25, 0.3) is 0 Å². The van der Waals surface area contributed by atoms with E-state index < -0.39 is 0 Å². The lowest BCUT2D eigenvalue weighted by Crippen LogP contribution is -2.35. The van der Waals surface area contributed by atoms with E-state index in [-0.39, 0.29) is 12.1 Å². The van der Waals surface area contributed by atoms with Gasteiger partial charge in [0.05, 0.1) is 24.2 Å². The zero-order valence-corrected chi connectivity index (χ0v) is 13.9. The first-order valence-electron chi connectivity index (χ1n) is 7.84. The molecular formula is C16H23ClN4O. The molecule has 0 aromatic carbocycles. The van der Waals surface area contributed by atoms with E-state index >= 15 is 0 Å². The highest BCUT2D eigenvalue weighted by Gasteiger charge is 2.26. The van der Waals surface area contributed by atoms with Crippen molar-refractivity contribution in [3.63, 3.8) is 0 Å². The zero-order valence-electron chi connectivity index (χ0n) is 13.1. The van der Waals surface area contributed by atoms with Crippen LogP contribution in [0.15, 0.2) is 29.0 Å². The summed E-state index contributed by atoms with van der Waals surface area (Å²) in [6, 6.07) is 4.49. The minimum absolute atomic E-state index is 0.185. The molecule has 2 unspecified atom stereocenters. The third-order valence-corrected chi connectivity index (χ3v) is 4.83. The van der Waals surface area contributed by atoms with Crippen molar-refractivity contribution in [2.45, 2.75) is 31.8 Å². The van der Waals surface area contributed by atoms with Gasteiger partial charge in [-0.05, 0) is 56.6 Å². The SMILES string of the molecule is CC(NCC(c1ccco1)N1CCCC1)c1cnc(Cl)n1C. The second-order valence-corrected chi connectivity index (χ2v) is 6.25. The van der Waals surface area contributed by atoms with E-state index in [4.69, 9.17) is 16.0 Å². The summed E-state index contributed by atoms with van der Waals surface area (Å²) in [4.78, 5) is 6.65. The molecule has 1 aliphatic heterocycles. The standard InChI is InChI=1S/C16H23ClN4O/c1-12(13-10-19-16(17)20(13)2)18-11-14(15-6-5-9-22-15)21-7-3-4-8-21/h5-6,9-10,12,14,18H,3-4,7-8,11H2,1-2H3. The minimum Gasteiger partial charge on any atom is -0.468 e. The van der Waals surface area contributed by atoms with Crippen LogP contribution in [-0.4, -0.2) is 34.1 Å². The third-order valence-electron chi connectivity index (χ3n) is 4.48. The van der Waals surface area contributed by atoms with Gasteiger partial charge in [-0.3, -0.25) is 4.90 Å². The molecule has 0 amide bonds. The van der Waals surface area contributed by atoms with Crippen LogP contribution in [0.4, 0.5) is 0 Å². The topological polar surface area (TPSA) is 46.2 Å². The van der Waals surface area contributed by atoms with Gasteiger partial charge in [0, 0.05) is 19.6 Å². The molecular weight excluding hydrogens is 300 g/mol. The Balaban J connectivity index is 1.67. The van der Waals surface area contributed by atoms with Crippen molar-refractivity contribution in [1.29, 1.82) is 0 Å². The van der Waals surface area contributed by atoms with Gasteiger partial charge in [0.2, 0.25) is 5.28 Å². The van der Waals surface area contributed by atoms with Crippen LogP contribution in [0.3, 0.4) is 0 Å². The van der Waals surface area contributed by atoms with Crippen LogP contribution in [0.2, 0.25) is 5.28 Å². The number of imidazole rings is 1. The summed E-state index contributed by atoms with van der Waals surface area (Å²) in [5, 5.41) is 4.12. The summed E-state index contributed by atoms with van der Waals surface area (Å²) in [6.45, 7) is 5.26. The number of halogens is 1. The highest BCUT2D eigenvalue weighted by atomic mass is 35.5. The molecule has 2 aromatic heterocycles. The molecule has 5 nitrogen and oxygen atoms in total. The Morgan fingerprint density at radius 1 is 1.41 bits per heavy atom. The van der Waals surface area contributed by atoms with Crippen LogP contribution in [0.5, 0.6) is 0 Å². The van der Waals surface area contributed by atoms with E-state index in [2.05, 4.69) is 28.2 Å². The van der Waals surface area contributed by atoms with Crippen molar-refractivity contribution in [1.82, 2.24) is 19.8 Å². The van der Waals surface area contributed by atoms with E-state index in [1.54, 1.807) is 6.26 Å². The molecule has 6 heteroatoms. The lowest BCUT2D eigenvalue weighted by Gasteiger charge is -2.27. The number of likely N-dealkylation sites (tertiary alicyclic amines) is 1. The van der Waals surface area contributed by atoms with Gasteiger partial charge in [-0.15, -0.1) is 0 Å². The molecule has 120 valence electrons. The van der Waals surface area contributed by atoms with Crippen LogP contribution in [0.1, 0.15) is 43.3 Å². The Morgan fingerprint density at radius 3 is 2.77 bits per heavy atom. The summed E-state index contributed by atoms with van der Waals surface area (Å²) in [6.07, 6.45) is 6.12. The predicted molar refractivity (Wildman–Crippen MR) is 86.9 cm³/mol. The highest BCUT2D eigenvalue weighted by Crippen LogP contribution is 2.26. The molecule has 0 spiro atoms. The molecule has 2 aromatic rings. The van der Waals surface area contributed by atoms with Crippen LogP contribution < -0.4 is 5.32 Å². The molecule has 3 heterocycles. The lowest BCUT2D eigenvalue weighted by atomic mass is 10.1. The maximum atomic E-state index is 6.02. The van der Waals surface area contributed by atoms with Crippen molar-refractivity contribution in [3.8, 4) is 0 Å². The molecule has 1 saturated heterocycles. The maximum Gasteiger partial charge on any atom is 0.202 e.